The third-order valence-electron chi connectivity index (χ3n) is 5.04. The number of alkyl halides is 1. The number of halogens is 1. The summed E-state index contributed by atoms with van der Waals surface area (Å²) in [6.07, 6.45) is 9.34. The minimum Gasteiger partial charge on any atom is -0.385 e. The molecule has 138 valence electrons. The van der Waals surface area contributed by atoms with Crippen molar-refractivity contribution in [2.75, 3.05) is 19.2 Å². The van der Waals surface area contributed by atoms with Gasteiger partial charge in [-0.05, 0) is 49.5 Å². The van der Waals surface area contributed by atoms with Crippen LogP contribution in [0.5, 0.6) is 0 Å². The Kier molecular flexibility index (Phi) is 9.50. The van der Waals surface area contributed by atoms with E-state index in [9.17, 15) is 5.11 Å². The first-order valence-corrected chi connectivity index (χ1v) is 9.86. The van der Waals surface area contributed by atoms with E-state index in [-0.39, 0.29) is 24.2 Å². The number of rotatable bonds is 10. The SMILES string of the molecule is C=CC(OCOC)C1CCC(C)=C(C(O)/C=C/CCCBr)C1(C)C. The number of hydrogen-bond donors (Lipinski definition) is 1. The third kappa shape index (κ3) is 5.55. The van der Waals surface area contributed by atoms with Crippen molar-refractivity contribution in [2.24, 2.45) is 11.3 Å². The molecule has 4 heteroatoms. The molecular weight excluding hydrogens is 368 g/mol. The van der Waals surface area contributed by atoms with Gasteiger partial charge in [-0.25, -0.2) is 0 Å². The minimum atomic E-state index is -0.536. The summed E-state index contributed by atoms with van der Waals surface area (Å²) in [5.41, 5.74) is 2.26. The second-order valence-electron chi connectivity index (χ2n) is 7.04. The van der Waals surface area contributed by atoms with E-state index >= 15 is 0 Å². The number of methoxy groups -OCH3 is 1. The largest absolute Gasteiger partial charge is 0.385 e. The maximum atomic E-state index is 10.8. The van der Waals surface area contributed by atoms with E-state index in [1.807, 2.05) is 12.2 Å². The Hall–Kier alpha value is -0.420. The lowest BCUT2D eigenvalue weighted by Gasteiger charge is -2.45. The van der Waals surface area contributed by atoms with E-state index < -0.39 is 6.10 Å². The van der Waals surface area contributed by atoms with Gasteiger partial charge in [-0.1, -0.05) is 53.6 Å². The molecule has 1 rings (SSSR count). The van der Waals surface area contributed by atoms with E-state index in [0.29, 0.717) is 0 Å². The fraction of sp³-hybridized carbons (Fsp3) is 0.700. The molecule has 3 nitrogen and oxygen atoms in total. The third-order valence-corrected chi connectivity index (χ3v) is 5.60. The van der Waals surface area contributed by atoms with Crippen LogP contribution in [0.2, 0.25) is 0 Å². The van der Waals surface area contributed by atoms with E-state index in [1.165, 1.54) is 5.57 Å². The van der Waals surface area contributed by atoms with E-state index in [4.69, 9.17) is 9.47 Å². The van der Waals surface area contributed by atoms with Gasteiger partial charge in [-0.3, -0.25) is 0 Å². The highest BCUT2D eigenvalue weighted by Gasteiger charge is 2.42. The first-order chi connectivity index (χ1) is 11.4. The van der Waals surface area contributed by atoms with Crippen molar-refractivity contribution in [2.45, 2.75) is 58.7 Å². The average Bonchev–Trinajstić information content (AvgIpc) is 2.53. The molecule has 0 aromatic carbocycles. The molecular formula is C20H33BrO3. The summed E-state index contributed by atoms with van der Waals surface area (Å²) in [6, 6.07) is 0. The second-order valence-corrected chi connectivity index (χ2v) is 7.83. The fourth-order valence-corrected chi connectivity index (χ4v) is 4.16. The van der Waals surface area contributed by atoms with Gasteiger partial charge in [0.05, 0.1) is 12.2 Å². The molecule has 3 atom stereocenters. The lowest BCUT2D eigenvalue weighted by Crippen LogP contribution is -2.42. The molecule has 0 aromatic rings. The molecule has 1 aliphatic rings. The van der Waals surface area contributed by atoms with E-state index in [2.05, 4.69) is 49.4 Å². The molecule has 0 heterocycles. The lowest BCUT2D eigenvalue weighted by atomic mass is 9.62. The highest BCUT2D eigenvalue weighted by molar-refractivity contribution is 9.09. The number of ether oxygens (including phenoxy) is 2. The summed E-state index contributed by atoms with van der Waals surface area (Å²) in [5.74, 6) is 0.273. The first-order valence-electron chi connectivity index (χ1n) is 8.74. The molecule has 0 fully saturated rings. The Morgan fingerprint density at radius 1 is 1.46 bits per heavy atom. The predicted octanol–water partition coefficient (Wildman–Crippen LogP) is 5.01. The lowest BCUT2D eigenvalue weighted by molar-refractivity contribution is -0.0904. The van der Waals surface area contributed by atoms with Crippen molar-refractivity contribution >= 4 is 15.9 Å². The summed E-state index contributed by atoms with van der Waals surface area (Å²) in [6.45, 7) is 10.7. The van der Waals surface area contributed by atoms with Crippen LogP contribution in [0.3, 0.4) is 0 Å². The maximum absolute atomic E-state index is 10.8. The van der Waals surface area contributed by atoms with Gasteiger partial charge in [0.2, 0.25) is 0 Å². The van der Waals surface area contributed by atoms with E-state index in [1.54, 1.807) is 7.11 Å². The zero-order chi connectivity index (χ0) is 18.2. The molecule has 0 saturated heterocycles. The minimum absolute atomic E-state index is 0.0763. The van der Waals surface area contributed by atoms with Crippen LogP contribution in [0, 0.1) is 11.3 Å². The quantitative estimate of drug-likeness (QED) is 0.242. The number of allylic oxidation sites excluding steroid dienone is 2. The molecule has 0 aliphatic heterocycles. The topological polar surface area (TPSA) is 38.7 Å². The van der Waals surface area contributed by atoms with Crippen molar-refractivity contribution in [1.82, 2.24) is 0 Å². The van der Waals surface area contributed by atoms with Crippen molar-refractivity contribution < 1.29 is 14.6 Å². The van der Waals surface area contributed by atoms with Crippen LogP contribution in [0.4, 0.5) is 0 Å². The zero-order valence-electron chi connectivity index (χ0n) is 15.6. The number of aliphatic hydroxyl groups is 1. The molecule has 0 amide bonds. The predicted molar refractivity (Wildman–Crippen MR) is 104 cm³/mol. The Labute approximate surface area is 155 Å². The molecule has 0 spiro atoms. The molecule has 1 aliphatic carbocycles. The van der Waals surface area contributed by atoms with Crippen molar-refractivity contribution in [3.8, 4) is 0 Å². The van der Waals surface area contributed by atoms with E-state index in [0.717, 1.165) is 36.6 Å². The fourth-order valence-electron chi connectivity index (χ4n) is 3.84. The molecule has 0 radical (unpaired) electrons. The molecule has 3 unspecified atom stereocenters. The van der Waals surface area contributed by atoms with Gasteiger partial charge in [0.15, 0.2) is 0 Å². The van der Waals surface area contributed by atoms with Gasteiger partial charge in [0, 0.05) is 12.4 Å². The van der Waals surface area contributed by atoms with Crippen LogP contribution < -0.4 is 0 Å². The Bertz CT molecular complexity index is 454. The summed E-state index contributed by atoms with van der Waals surface area (Å²) in [5, 5.41) is 11.8. The Morgan fingerprint density at radius 2 is 2.17 bits per heavy atom. The Morgan fingerprint density at radius 3 is 2.75 bits per heavy atom. The second kappa shape index (κ2) is 10.5. The van der Waals surface area contributed by atoms with Gasteiger partial charge < -0.3 is 14.6 Å². The van der Waals surface area contributed by atoms with Crippen molar-refractivity contribution in [3.05, 3.63) is 36.0 Å². The van der Waals surface area contributed by atoms with Crippen LogP contribution in [-0.4, -0.2) is 36.5 Å². The number of unbranched alkanes of at least 4 members (excludes halogenated alkanes) is 1. The van der Waals surface area contributed by atoms with Gasteiger partial charge in [-0.15, -0.1) is 6.58 Å². The van der Waals surface area contributed by atoms with Crippen LogP contribution >= 0.6 is 15.9 Å². The Balaban J connectivity index is 2.97. The average molecular weight is 401 g/mol. The summed E-state index contributed by atoms with van der Waals surface area (Å²) >= 11 is 3.43. The summed E-state index contributed by atoms with van der Waals surface area (Å²) in [4.78, 5) is 0. The standard InChI is InChI=1S/C20H33BrO3/c1-6-18(24-14-23-5)16-12-11-15(2)19(20(16,3)4)17(22)10-8-7-9-13-21/h6,8,10,16-18,22H,1,7,9,11-14H2,2-5H3/b10-8+. The maximum Gasteiger partial charge on any atom is 0.147 e. The van der Waals surface area contributed by atoms with Crippen molar-refractivity contribution in [1.29, 1.82) is 0 Å². The molecule has 24 heavy (non-hydrogen) atoms. The monoisotopic (exact) mass is 400 g/mol. The highest BCUT2D eigenvalue weighted by Crippen LogP contribution is 2.48. The molecule has 0 bridgehead atoms. The van der Waals surface area contributed by atoms with Gasteiger partial charge in [-0.2, -0.15) is 0 Å². The van der Waals surface area contributed by atoms with Gasteiger partial charge >= 0.3 is 0 Å². The van der Waals surface area contributed by atoms with Crippen molar-refractivity contribution in [3.63, 3.8) is 0 Å². The smallest absolute Gasteiger partial charge is 0.147 e. The zero-order valence-corrected chi connectivity index (χ0v) is 17.1. The van der Waals surface area contributed by atoms with Crippen LogP contribution in [0.25, 0.3) is 0 Å². The van der Waals surface area contributed by atoms with Gasteiger partial charge in [0.25, 0.3) is 0 Å². The normalized spacial score (nSPS) is 23.5. The molecule has 0 aromatic heterocycles. The highest BCUT2D eigenvalue weighted by atomic mass is 79.9. The van der Waals surface area contributed by atoms with Crippen LogP contribution in [0.15, 0.2) is 36.0 Å². The van der Waals surface area contributed by atoms with Crippen LogP contribution in [-0.2, 0) is 9.47 Å². The number of aliphatic hydroxyl groups excluding tert-OH is 1. The number of hydrogen-bond acceptors (Lipinski definition) is 3. The van der Waals surface area contributed by atoms with Crippen LogP contribution in [0.1, 0.15) is 46.5 Å². The first kappa shape index (κ1) is 21.6. The molecule has 1 N–H and O–H groups in total. The molecule has 0 saturated carbocycles. The summed E-state index contributed by atoms with van der Waals surface area (Å²) in [7, 11) is 1.63. The van der Waals surface area contributed by atoms with Gasteiger partial charge in [0.1, 0.15) is 6.79 Å². The summed E-state index contributed by atoms with van der Waals surface area (Å²) < 4.78 is 10.9.